The Hall–Kier alpha value is -3.26. The number of hydrogen-bond donors (Lipinski definition) is 2. The quantitative estimate of drug-likeness (QED) is 0.530. The van der Waals surface area contributed by atoms with Crippen LogP contribution in [0, 0.1) is 0 Å². The van der Waals surface area contributed by atoms with E-state index in [4.69, 9.17) is 11.6 Å². The number of amides is 2. The number of carbonyl (C=O) groups is 2. The number of fused-ring (bicyclic) bond motifs is 1. The highest BCUT2D eigenvalue weighted by molar-refractivity contribution is 6.29. The van der Waals surface area contributed by atoms with Crippen LogP contribution in [0.5, 0.6) is 0 Å². The van der Waals surface area contributed by atoms with Crippen LogP contribution < -0.4 is 16.4 Å². The zero-order chi connectivity index (χ0) is 19.6. The van der Waals surface area contributed by atoms with Crippen molar-refractivity contribution in [1.82, 2.24) is 25.6 Å². The van der Waals surface area contributed by atoms with Gasteiger partial charge >= 0.3 is 0 Å². The zero-order valence-electron chi connectivity index (χ0n) is 14.6. The molecule has 0 saturated carbocycles. The molecule has 0 atom stereocenters. The standard InChI is InChI=1S/C18H16ClN5O3/c1-10(2)24-18(27)13-6-4-3-5-12(13)15(23-24)17(26)22-21-16(25)11-7-8-14(19)20-9-11/h3-10H,1-2H3,(H,21,25)(H,22,26). The first-order valence-corrected chi connectivity index (χ1v) is 8.50. The van der Waals surface area contributed by atoms with Gasteiger partial charge < -0.3 is 0 Å². The predicted octanol–water partition coefficient (Wildman–Crippen LogP) is 2.10. The largest absolute Gasteiger partial charge is 0.290 e. The van der Waals surface area contributed by atoms with Crippen LogP contribution in [0.3, 0.4) is 0 Å². The SMILES string of the molecule is CC(C)n1nc(C(=O)NNC(=O)c2ccc(Cl)nc2)c2ccccc2c1=O. The maximum atomic E-state index is 12.6. The number of aromatic nitrogens is 3. The smallest absolute Gasteiger partial charge is 0.267 e. The lowest BCUT2D eigenvalue weighted by molar-refractivity contribution is 0.0843. The van der Waals surface area contributed by atoms with Crippen molar-refractivity contribution < 1.29 is 9.59 Å². The van der Waals surface area contributed by atoms with E-state index in [1.807, 2.05) is 0 Å². The lowest BCUT2D eigenvalue weighted by atomic mass is 10.1. The van der Waals surface area contributed by atoms with Crippen molar-refractivity contribution in [2.24, 2.45) is 0 Å². The van der Waals surface area contributed by atoms with Crippen molar-refractivity contribution in [1.29, 1.82) is 0 Å². The van der Waals surface area contributed by atoms with E-state index in [9.17, 15) is 14.4 Å². The van der Waals surface area contributed by atoms with Crippen molar-refractivity contribution in [2.45, 2.75) is 19.9 Å². The minimum absolute atomic E-state index is 0.0356. The summed E-state index contributed by atoms with van der Waals surface area (Å²) in [4.78, 5) is 41.0. The highest BCUT2D eigenvalue weighted by Gasteiger charge is 2.18. The number of hydrogen-bond acceptors (Lipinski definition) is 5. The highest BCUT2D eigenvalue weighted by Crippen LogP contribution is 2.14. The molecule has 0 bridgehead atoms. The Morgan fingerprint density at radius 3 is 2.33 bits per heavy atom. The van der Waals surface area contributed by atoms with Gasteiger partial charge in [-0.05, 0) is 32.0 Å². The molecule has 8 nitrogen and oxygen atoms in total. The van der Waals surface area contributed by atoms with E-state index in [0.29, 0.717) is 10.8 Å². The van der Waals surface area contributed by atoms with Crippen molar-refractivity contribution >= 4 is 34.2 Å². The summed E-state index contributed by atoms with van der Waals surface area (Å²) >= 11 is 5.68. The molecule has 0 unspecified atom stereocenters. The number of nitrogens with one attached hydrogen (secondary N) is 2. The molecule has 27 heavy (non-hydrogen) atoms. The van der Waals surface area contributed by atoms with Gasteiger partial charge in [-0.1, -0.05) is 29.8 Å². The summed E-state index contributed by atoms with van der Waals surface area (Å²) in [6.07, 6.45) is 1.29. The molecule has 0 saturated heterocycles. The molecule has 2 N–H and O–H groups in total. The summed E-state index contributed by atoms with van der Waals surface area (Å²) in [6.45, 7) is 3.58. The molecule has 0 fully saturated rings. The number of nitrogens with zero attached hydrogens (tertiary/aromatic N) is 3. The molecule has 0 aliphatic carbocycles. The number of pyridine rings is 1. The van der Waals surface area contributed by atoms with Crippen LogP contribution in [0.1, 0.15) is 40.7 Å². The second kappa shape index (κ2) is 7.55. The Balaban J connectivity index is 1.89. The Morgan fingerprint density at radius 2 is 1.70 bits per heavy atom. The lowest BCUT2D eigenvalue weighted by Crippen LogP contribution is -2.43. The Kier molecular flexibility index (Phi) is 5.18. The fraction of sp³-hybridized carbons (Fsp3) is 0.167. The van der Waals surface area contributed by atoms with E-state index in [0.717, 1.165) is 0 Å². The van der Waals surface area contributed by atoms with Gasteiger partial charge in [0.1, 0.15) is 5.15 Å². The molecule has 0 aliphatic rings. The zero-order valence-corrected chi connectivity index (χ0v) is 15.3. The first-order valence-electron chi connectivity index (χ1n) is 8.12. The van der Waals surface area contributed by atoms with Gasteiger partial charge in [0.2, 0.25) is 0 Å². The Morgan fingerprint density at radius 1 is 1.04 bits per heavy atom. The van der Waals surface area contributed by atoms with Gasteiger partial charge in [-0.25, -0.2) is 9.67 Å². The Bertz CT molecular complexity index is 1080. The minimum Gasteiger partial charge on any atom is -0.267 e. The first-order chi connectivity index (χ1) is 12.9. The normalized spacial score (nSPS) is 10.8. The van der Waals surface area contributed by atoms with Crippen molar-refractivity contribution in [3.05, 3.63) is 69.4 Å². The average Bonchev–Trinajstić information content (AvgIpc) is 2.66. The molecule has 3 rings (SSSR count). The van der Waals surface area contributed by atoms with E-state index in [2.05, 4.69) is 20.9 Å². The topological polar surface area (TPSA) is 106 Å². The van der Waals surface area contributed by atoms with E-state index in [1.54, 1.807) is 38.1 Å². The second-order valence-electron chi connectivity index (χ2n) is 6.02. The summed E-state index contributed by atoms with van der Waals surface area (Å²) < 4.78 is 1.24. The molecule has 138 valence electrons. The fourth-order valence-corrected chi connectivity index (χ4v) is 2.59. The number of hydrazine groups is 1. The van der Waals surface area contributed by atoms with E-state index in [1.165, 1.54) is 23.0 Å². The van der Waals surface area contributed by atoms with Crippen LogP contribution in [0.2, 0.25) is 5.15 Å². The van der Waals surface area contributed by atoms with E-state index < -0.39 is 11.8 Å². The molecule has 3 aromatic rings. The lowest BCUT2D eigenvalue weighted by Gasteiger charge is -2.13. The van der Waals surface area contributed by atoms with Crippen LogP contribution in [-0.2, 0) is 0 Å². The summed E-state index contributed by atoms with van der Waals surface area (Å²) in [7, 11) is 0. The third-order valence-electron chi connectivity index (χ3n) is 3.81. The monoisotopic (exact) mass is 385 g/mol. The maximum Gasteiger partial charge on any atom is 0.290 e. The molecule has 9 heteroatoms. The van der Waals surface area contributed by atoms with Crippen LogP contribution in [0.15, 0.2) is 47.4 Å². The average molecular weight is 386 g/mol. The summed E-state index contributed by atoms with van der Waals surface area (Å²) in [6, 6.07) is 9.39. The first kappa shape index (κ1) is 18.5. The van der Waals surface area contributed by atoms with Crippen molar-refractivity contribution in [2.75, 3.05) is 0 Å². The molecule has 0 aliphatic heterocycles. The third kappa shape index (κ3) is 3.80. The van der Waals surface area contributed by atoms with Gasteiger partial charge in [0.15, 0.2) is 5.69 Å². The number of rotatable bonds is 3. The number of halogens is 1. The van der Waals surface area contributed by atoms with Gasteiger partial charge in [0, 0.05) is 11.6 Å². The molecule has 2 heterocycles. The second-order valence-corrected chi connectivity index (χ2v) is 6.40. The van der Waals surface area contributed by atoms with Crippen molar-refractivity contribution in [3.63, 3.8) is 0 Å². The molecule has 2 aromatic heterocycles. The molecule has 2 amide bonds. The van der Waals surface area contributed by atoms with Crippen molar-refractivity contribution in [3.8, 4) is 0 Å². The molecule has 0 radical (unpaired) electrons. The van der Waals surface area contributed by atoms with Crippen LogP contribution >= 0.6 is 11.6 Å². The summed E-state index contributed by atoms with van der Waals surface area (Å²) in [5.41, 5.74) is 4.59. The number of carbonyl (C=O) groups excluding carboxylic acids is 2. The van der Waals surface area contributed by atoms with Gasteiger partial charge in [0.05, 0.1) is 17.0 Å². The molecular formula is C18H16ClN5O3. The minimum atomic E-state index is -0.643. The van der Waals surface area contributed by atoms with Crippen LogP contribution in [-0.4, -0.2) is 26.6 Å². The third-order valence-corrected chi connectivity index (χ3v) is 4.04. The molecule has 0 spiro atoms. The Labute approximate surface area is 159 Å². The molecular weight excluding hydrogens is 370 g/mol. The van der Waals surface area contributed by atoms with E-state index in [-0.39, 0.29) is 28.0 Å². The highest BCUT2D eigenvalue weighted by atomic mass is 35.5. The summed E-state index contributed by atoms with van der Waals surface area (Å²) in [5.74, 6) is -1.20. The summed E-state index contributed by atoms with van der Waals surface area (Å²) in [5, 5.41) is 5.20. The number of benzene rings is 1. The molecule has 1 aromatic carbocycles. The fourth-order valence-electron chi connectivity index (χ4n) is 2.48. The van der Waals surface area contributed by atoms with Gasteiger partial charge in [-0.3, -0.25) is 25.2 Å². The van der Waals surface area contributed by atoms with Gasteiger partial charge in [-0.15, -0.1) is 0 Å². The predicted molar refractivity (Wildman–Crippen MR) is 101 cm³/mol. The maximum absolute atomic E-state index is 12.6. The van der Waals surface area contributed by atoms with E-state index >= 15 is 0 Å². The van der Waals surface area contributed by atoms with Gasteiger partial charge in [0.25, 0.3) is 17.4 Å². The van der Waals surface area contributed by atoms with Gasteiger partial charge in [-0.2, -0.15) is 5.10 Å². The van der Waals surface area contributed by atoms with Crippen LogP contribution in [0.4, 0.5) is 0 Å². The van der Waals surface area contributed by atoms with Crippen LogP contribution in [0.25, 0.3) is 10.8 Å².